The Bertz CT molecular complexity index is 571. The fourth-order valence-corrected chi connectivity index (χ4v) is 3.20. The molecule has 1 heterocycles. The number of nitrogens with zero attached hydrogens (tertiary/aromatic N) is 2. The van der Waals surface area contributed by atoms with Crippen molar-refractivity contribution in [2.45, 2.75) is 19.4 Å². The Morgan fingerprint density at radius 3 is 2.40 bits per heavy atom. The smallest absolute Gasteiger partial charge is 0.225 e. The number of nitrogens with one attached hydrogen (secondary N) is 1. The number of carbonyl (C=O) groups is 2. The van der Waals surface area contributed by atoms with Crippen LogP contribution in [-0.4, -0.2) is 68.1 Å². The molecule has 0 radical (unpaired) electrons. The van der Waals surface area contributed by atoms with Gasteiger partial charge in [-0.3, -0.25) is 14.5 Å². The van der Waals surface area contributed by atoms with Crippen molar-refractivity contribution >= 4 is 27.7 Å². The van der Waals surface area contributed by atoms with E-state index in [1.54, 1.807) is 7.11 Å². The van der Waals surface area contributed by atoms with E-state index in [2.05, 4.69) is 26.1 Å². The van der Waals surface area contributed by atoms with Crippen LogP contribution in [0, 0.1) is 0 Å². The molecule has 0 saturated carbocycles. The monoisotopic (exact) mass is 411 g/mol. The molecule has 138 valence electrons. The van der Waals surface area contributed by atoms with E-state index in [1.807, 2.05) is 29.2 Å². The van der Waals surface area contributed by atoms with E-state index < -0.39 is 0 Å². The highest BCUT2D eigenvalue weighted by atomic mass is 79.9. The quantitative estimate of drug-likeness (QED) is 0.742. The summed E-state index contributed by atoms with van der Waals surface area (Å²) in [5.41, 5.74) is 0.936. The van der Waals surface area contributed by atoms with Gasteiger partial charge < -0.3 is 15.0 Å². The van der Waals surface area contributed by atoms with Crippen molar-refractivity contribution in [1.29, 1.82) is 0 Å². The molecule has 1 fully saturated rings. The van der Waals surface area contributed by atoms with Crippen LogP contribution in [0.4, 0.5) is 0 Å². The molecule has 2 amide bonds. The minimum Gasteiger partial charge on any atom is -0.383 e. The van der Waals surface area contributed by atoms with Gasteiger partial charge in [0.05, 0.1) is 19.1 Å². The summed E-state index contributed by atoms with van der Waals surface area (Å²) in [6, 6.07) is 7.40. The van der Waals surface area contributed by atoms with Crippen molar-refractivity contribution in [2.75, 3.05) is 46.4 Å². The number of hydrogen-bond donors (Lipinski definition) is 1. The van der Waals surface area contributed by atoms with E-state index >= 15 is 0 Å². The SMILES string of the molecule is COCCN1CCN(C(=O)CC(NC(C)=O)c2ccc(Br)cc2)CC1. The molecule has 0 aliphatic carbocycles. The van der Waals surface area contributed by atoms with Crippen molar-refractivity contribution in [1.82, 2.24) is 15.1 Å². The minimum atomic E-state index is -0.301. The lowest BCUT2D eigenvalue weighted by Crippen LogP contribution is -2.50. The van der Waals surface area contributed by atoms with Crippen molar-refractivity contribution in [3.05, 3.63) is 34.3 Å². The van der Waals surface area contributed by atoms with Crippen LogP contribution in [0.5, 0.6) is 0 Å². The highest BCUT2D eigenvalue weighted by Crippen LogP contribution is 2.21. The Hall–Kier alpha value is -1.44. The van der Waals surface area contributed by atoms with E-state index in [0.717, 1.165) is 42.8 Å². The lowest BCUT2D eigenvalue weighted by molar-refractivity contribution is -0.133. The number of halogens is 1. The fourth-order valence-electron chi connectivity index (χ4n) is 2.94. The lowest BCUT2D eigenvalue weighted by Gasteiger charge is -2.35. The summed E-state index contributed by atoms with van der Waals surface area (Å²) >= 11 is 3.41. The van der Waals surface area contributed by atoms with Gasteiger partial charge >= 0.3 is 0 Å². The lowest BCUT2D eigenvalue weighted by atomic mass is 10.0. The van der Waals surface area contributed by atoms with Crippen molar-refractivity contribution in [2.24, 2.45) is 0 Å². The van der Waals surface area contributed by atoms with E-state index in [-0.39, 0.29) is 24.3 Å². The average Bonchev–Trinajstić information content (AvgIpc) is 2.60. The number of methoxy groups -OCH3 is 1. The minimum absolute atomic E-state index is 0.0769. The third-order valence-corrected chi connectivity index (χ3v) is 4.89. The molecule has 1 aliphatic heterocycles. The Labute approximate surface area is 157 Å². The molecule has 6 nitrogen and oxygen atoms in total. The van der Waals surface area contributed by atoms with Gasteiger partial charge in [-0.15, -0.1) is 0 Å². The van der Waals surface area contributed by atoms with Crippen LogP contribution < -0.4 is 5.32 Å². The summed E-state index contributed by atoms with van der Waals surface area (Å²) in [6.07, 6.45) is 0.277. The number of hydrogen-bond acceptors (Lipinski definition) is 4. The van der Waals surface area contributed by atoms with Crippen molar-refractivity contribution < 1.29 is 14.3 Å². The first-order valence-electron chi connectivity index (χ1n) is 8.51. The number of carbonyl (C=O) groups excluding carboxylic acids is 2. The molecule has 0 bridgehead atoms. The molecule has 0 aromatic heterocycles. The zero-order valence-corrected chi connectivity index (χ0v) is 16.4. The van der Waals surface area contributed by atoms with E-state index in [9.17, 15) is 9.59 Å². The summed E-state index contributed by atoms with van der Waals surface area (Å²) < 4.78 is 6.07. The topological polar surface area (TPSA) is 61.9 Å². The summed E-state index contributed by atoms with van der Waals surface area (Å²) in [5, 5.41) is 2.89. The Morgan fingerprint density at radius 1 is 1.20 bits per heavy atom. The van der Waals surface area contributed by atoms with E-state index in [0.29, 0.717) is 6.61 Å². The highest BCUT2D eigenvalue weighted by molar-refractivity contribution is 9.10. The van der Waals surface area contributed by atoms with Crippen LogP contribution >= 0.6 is 15.9 Å². The molecule has 0 spiro atoms. The second-order valence-corrected chi connectivity index (χ2v) is 7.14. The Balaban J connectivity index is 1.93. The van der Waals surface area contributed by atoms with Gasteiger partial charge in [-0.2, -0.15) is 0 Å². The number of rotatable bonds is 7. The molecule has 1 aromatic carbocycles. The summed E-state index contributed by atoms with van der Waals surface area (Å²) in [6.45, 7) is 6.24. The molecular formula is C18H26BrN3O3. The van der Waals surface area contributed by atoms with Gasteiger partial charge in [0.15, 0.2) is 0 Å². The third-order valence-electron chi connectivity index (χ3n) is 4.37. The van der Waals surface area contributed by atoms with Crippen LogP contribution in [0.1, 0.15) is 24.9 Å². The summed E-state index contributed by atoms with van der Waals surface area (Å²) in [4.78, 5) is 28.4. The number of ether oxygens (including phenoxy) is 1. The van der Waals surface area contributed by atoms with Gasteiger partial charge in [-0.25, -0.2) is 0 Å². The standard InChI is InChI=1S/C18H26BrN3O3/c1-14(23)20-17(15-3-5-16(19)6-4-15)13-18(24)22-9-7-21(8-10-22)11-12-25-2/h3-6,17H,7-13H2,1-2H3,(H,20,23). The largest absolute Gasteiger partial charge is 0.383 e. The van der Waals surface area contributed by atoms with Gasteiger partial charge in [0.2, 0.25) is 11.8 Å². The molecule has 1 aliphatic rings. The van der Waals surface area contributed by atoms with Crippen LogP contribution in [0.25, 0.3) is 0 Å². The van der Waals surface area contributed by atoms with E-state index in [1.165, 1.54) is 6.92 Å². The maximum atomic E-state index is 12.7. The van der Waals surface area contributed by atoms with Gasteiger partial charge in [-0.1, -0.05) is 28.1 Å². The predicted molar refractivity (Wildman–Crippen MR) is 100 cm³/mol. The molecular weight excluding hydrogens is 386 g/mol. The van der Waals surface area contributed by atoms with Crippen LogP contribution in [0.15, 0.2) is 28.7 Å². The van der Waals surface area contributed by atoms with Gasteiger partial charge in [0.1, 0.15) is 0 Å². The number of piperazine rings is 1. The Kier molecular flexibility index (Phi) is 7.87. The van der Waals surface area contributed by atoms with E-state index in [4.69, 9.17) is 4.74 Å². The predicted octanol–water partition coefficient (Wildman–Crippen LogP) is 1.81. The zero-order chi connectivity index (χ0) is 18.2. The fraction of sp³-hybridized carbons (Fsp3) is 0.556. The van der Waals surface area contributed by atoms with Crippen LogP contribution in [-0.2, 0) is 14.3 Å². The molecule has 1 unspecified atom stereocenters. The normalized spacial score (nSPS) is 16.5. The van der Waals surface area contributed by atoms with Gasteiger partial charge in [-0.05, 0) is 17.7 Å². The molecule has 1 aromatic rings. The van der Waals surface area contributed by atoms with Gasteiger partial charge in [0.25, 0.3) is 0 Å². The van der Waals surface area contributed by atoms with Crippen LogP contribution in [0.3, 0.4) is 0 Å². The molecule has 2 rings (SSSR count). The third kappa shape index (κ3) is 6.41. The zero-order valence-electron chi connectivity index (χ0n) is 14.8. The van der Waals surface area contributed by atoms with Crippen molar-refractivity contribution in [3.63, 3.8) is 0 Å². The first-order valence-corrected chi connectivity index (χ1v) is 9.30. The van der Waals surface area contributed by atoms with Gasteiger partial charge in [0, 0.05) is 51.2 Å². The number of amides is 2. The molecule has 1 saturated heterocycles. The summed E-state index contributed by atoms with van der Waals surface area (Å²) in [5.74, 6) is -0.0573. The molecule has 1 N–H and O–H groups in total. The first kappa shape index (κ1) is 19.9. The maximum Gasteiger partial charge on any atom is 0.225 e. The number of benzene rings is 1. The Morgan fingerprint density at radius 2 is 1.84 bits per heavy atom. The molecule has 25 heavy (non-hydrogen) atoms. The second kappa shape index (κ2) is 9.89. The summed E-state index contributed by atoms with van der Waals surface area (Å²) in [7, 11) is 1.70. The average molecular weight is 412 g/mol. The molecule has 7 heteroatoms. The van der Waals surface area contributed by atoms with Crippen LogP contribution in [0.2, 0.25) is 0 Å². The highest BCUT2D eigenvalue weighted by Gasteiger charge is 2.24. The maximum absolute atomic E-state index is 12.7. The molecule has 1 atom stereocenters. The second-order valence-electron chi connectivity index (χ2n) is 6.22. The van der Waals surface area contributed by atoms with Crippen molar-refractivity contribution in [3.8, 4) is 0 Å². The first-order chi connectivity index (χ1) is 12.0.